The molecule has 1 atom stereocenters. The minimum atomic E-state index is -0.212. The molecule has 0 aliphatic carbocycles. The summed E-state index contributed by atoms with van der Waals surface area (Å²) < 4.78 is 5.25. The monoisotopic (exact) mass is 314 g/mol. The van der Waals surface area contributed by atoms with E-state index in [0.29, 0.717) is 11.4 Å². The van der Waals surface area contributed by atoms with Gasteiger partial charge in [0.15, 0.2) is 0 Å². The molecule has 0 saturated heterocycles. The molecule has 22 heavy (non-hydrogen) atoms. The summed E-state index contributed by atoms with van der Waals surface area (Å²) in [4.78, 5) is 13.5. The average Bonchev–Trinajstić information content (AvgIpc) is 2.55. The van der Waals surface area contributed by atoms with E-state index in [1.165, 1.54) is 10.5 Å². The molecule has 0 saturated carbocycles. The van der Waals surface area contributed by atoms with Crippen molar-refractivity contribution in [2.45, 2.75) is 17.4 Å². The number of hydrogen-bond acceptors (Lipinski definition) is 3. The van der Waals surface area contributed by atoms with Crippen LogP contribution < -0.4 is 15.4 Å². The second kappa shape index (κ2) is 6.75. The number of thioether (sulfide) groups is 1. The molecule has 1 unspecified atom stereocenters. The zero-order chi connectivity index (χ0) is 15.4. The Morgan fingerprint density at radius 2 is 1.95 bits per heavy atom. The van der Waals surface area contributed by atoms with Gasteiger partial charge in [0, 0.05) is 10.6 Å². The molecule has 0 bridgehead atoms. The van der Waals surface area contributed by atoms with Gasteiger partial charge in [0.05, 0.1) is 18.8 Å². The van der Waals surface area contributed by atoms with E-state index >= 15 is 0 Å². The molecule has 0 radical (unpaired) electrons. The van der Waals surface area contributed by atoms with E-state index in [9.17, 15) is 4.79 Å². The zero-order valence-corrected chi connectivity index (χ0v) is 13.2. The molecule has 3 rings (SSSR count). The Balaban J connectivity index is 1.70. The van der Waals surface area contributed by atoms with Gasteiger partial charge < -0.3 is 15.4 Å². The Morgan fingerprint density at radius 1 is 1.18 bits per heavy atom. The van der Waals surface area contributed by atoms with Crippen molar-refractivity contribution < 1.29 is 9.53 Å². The number of fused-ring (bicyclic) bond motifs is 1. The van der Waals surface area contributed by atoms with Gasteiger partial charge in [-0.05, 0) is 30.2 Å². The molecule has 1 aliphatic heterocycles. The van der Waals surface area contributed by atoms with Crippen molar-refractivity contribution in [2.75, 3.05) is 18.2 Å². The van der Waals surface area contributed by atoms with Gasteiger partial charge in [0.1, 0.15) is 5.75 Å². The SMILES string of the molecule is COc1ccccc1NC(=O)NC1CCSc2ccccc21. The Labute approximate surface area is 134 Å². The molecule has 2 aromatic rings. The number of ether oxygens (including phenoxy) is 1. The maximum absolute atomic E-state index is 12.3. The molecule has 2 N–H and O–H groups in total. The third-order valence-electron chi connectivity index (χ3n) is 3.62. The van der Waals surface area contributed by atoms with Gasteiger partial charge in [0.25, 0.3) is 0 Å². The lowest BCUT2D eigenvalue weighted by Crippen LogP contribution is -2.34. The summed E-state index contributed by atoms with van der Waals surface area (Å²) in [7, 11) is 1.59. The van der Waals surface area contributed by atoms with Crippen LogP contribution in [0.25, 0.3) is 0 Å². The summed E-state index contributed by atoms with van der Waals surface area (Å²) in [5.74, 6) is 1.66. The number of methoxy groups -OCH3 is 1. The maximum atomic E-state index is 12.3. The maximum Gasteiger partial charge on any atom is 0.319 e. The fourth-order valence-electron chi connectivity index (χ4n) is 2.56. The number of urea groups is 1. The minimum absolute atomic E-state index is 0.0483. The van der Waals surface area contributed by atoms with E-state index in [1.54, 1.807) is 7.11 Å². The van der Waals surface area contributed by atoms with E-state index in [1.807, 2.05) is 48.2 Å². The standard InChI is InChI=1S/C17H18N2O2S/c1-21-15-8-4-3-7-14(15)19-17(20)18-13-10-11-22-16-9-5-2-6-12(13)16/h2-9,13H,10-11H2,1H3,(H2,18,19,20). The first-order chi connectivity index (χ1) is 10.8. The van der Waals surface area contributed by atoms with Gasteiger partial charge in [0.2, 0.25) is 0 Å². The van der Waals surface area contributed by atoms with Gasteiger partial charge in [-0.15, -0.1) is 11.8 Å². The third-order valence-corrected chi connectivity index (χ3v) is 4.74. The molecule has 1 heterocycles. The van der Waals surface area contributed by atoms with Crippen LogP contribution in [0.2, 0.25) is 0 Å². The molecular formula is C17H18N2O2S. The second-order valence-electron chi connectivity index (χ2n) is 5.03. The van der Waals surface area contributed by atoms with Gasteiger partial charge >= 0.3 is 6.03 Å². The number of carbonyl (C=O) groups is 1. The van der Waals surface area contributed by atoms with Crippen LogP contribution in [0.4, 0.5) is 10.5 Å². The van der Waals surface area contributed by atoms with Crippen LogP contribution in [0.1, 0.15) is 18.0 Å². The molecule has 114 valence electrons. The Morgan fingerprint density at radius 3 is 2.82 bits per heavy atom. The summed E-state index contributed by atoms with van der Waals surface area (Å²) in [5, 5.41) is 5.91. The lowest BCUT2D eigenvalue weighted by Gasteiger charge is -2.26. The van der Waals surface area contributed by atoms with Gasteiger partial charge in [-0.25, -0.2) is 4.79 Å². The van der Waals surface area contributed by atoms with Crippen molar-refractivity contribution in [3.8, 4) is 5.75 Å². The summed E-state index contributed by atoms with van der Waals surface area (Å²) in [5.41, 5.74) is 1.86. The topological polar surface area (TPSA) is 50.4 Å². The van der Waals surface area contributed by atoms with Crippen molar-refractivity contribution in [3.63, 3.8) is 0 Å². The van der Waals surface area contributed by atoms with E-state index in [4.69, 9.17) is 4.74 Å². The minimum Gasteiger partial charge on any atom is -0.495 e. The summed E-state index contributed by atoms with van der Waals surface area (Å²) in [6.45, 7) is 0. The molecule has 0 aromatic heterocycles. The molecule has 1 aliphatic rings. The molecular weight excluding hydrogens is 296 g/mol. The highest BCUT2D eigenvalue weighted by atomic mass is 32.2. The fourth-order valence-corrected chi connectivity index (χ4v) is 3.68. The van der Waals surface area contributed by atoms with E-state index < -0.39 is 0 Å². The number of amides is 2. The van der Waals surface area contributed by atoms with Crippen molar-refractivity contribution in [1.29, 1.82) is 0 Å². The zero-order valence-electron chi connectivity index (χ0n) is 12.3. The van der Waals surface area contributed by atoms with Crippen LogP contribution in [0.3, 0.4) is 0 Å². The fraction of sp³-hybridized carbons (Fsp3) is 0.235. The predicted octanol–water partition coefficient (Wildman–Crippen LogP) is 4.05. The van der Waals surface area contributed by atoms with Crippen molar-refractivity contribution >= 4 is 23.5 Å². The first-order valence-electron chi connectivity index (χ1n) is 7.20. The lowest BCUT2D eigenvalue weighted by molar-refractivity contribution is 0.248. The highest BCUT2D eigenvalue weighted by Crippen LogP contribution is 2.35. The van der Waals surface area contributed by atoms with E-state index in [0.717, 1.165) is 12.2 Å². The molecule has 2 aromatic carbocycles. The highest BCUT2D eigenvalue weighted by molar-refractivity contribution is 7.99. The van der Waals surface area contributed by atoms with Crippen LogP contribution in [0, 0.1) is 0 Å². The van der Waals surface area contributed by atoms with Gasteiger partial charge in [-0.3, -0.25) is 0 Å². The normalized spacial score (nSPS) is 16.5. The molecule has 5 heteroatoms. The molecule has 0 fully saturated rings. The first-order valence-corrected chi connectivity index (χ1v) is 8.19. The van der Waals surface area contributed by atoms with Crippen LogP contribution in [-0.2, 0) is 0 Å². The smallest absolute Gasteiger partial charge is 0.319 e. The first kappa shape index (κ1) is 14.8. The number of rotatable bonds is 3. The number of hydrogen-bond donors (Lipinski definition) is 2. The number of nitrogens with one attached hydrogen (secondary N) is 2. The molecule has 2 amide bonds. The van der Waals surface area contributed by atoms with Crippen LogP contribution in [0.5, 0.6) is 5.75 Å². The number of anilines is 1. The van der Waals surface area contributed by atoms with Gasteiger partial charge in [-0.2, -0.15) is 0 Å². The van der Waals surface area contributed by atoms with E-state index in [2.05, 4.69) is 22.8 Å². The Kier molecular flexibility index (Phi) is 4.53. The Bertz CT molecular complexity index is 675. The van der Waals surface area contributed by atoms with Crippen LogP contribution >= 0.6 is 11.8 Å². The van der Waals surface area contributed by atoms with E-state index in [-0.39, 0.29) is 12.1 Å². The lowest BCUT2D eigenvalue weighted by atomic mass is 10.0. The molecule has 0 spiro atoms. The second-order valence-corrected chi connectivity index (χ2v) is 6.16. The van der Waals surface area contributed by atoms with Crippen molar-refractivity contribution in [1.82, 2.24) is 5.32 Å². The summed E-state index contributed by atoms with van der Waals surface area (Å²) in [6, 6.07) is 15.4. The van der Waals surface area contributed by atoms with Crippen LogP contribution in [-0.4, -0.2) is 18.9 Å². The Hall–Kier alpha value is -2.14. The highest BCUT2D eigenvalue weighted by Gasteiger charge is 2.22. The molecule has 4 nitrogen and oxygen atoms in total. The largest absolute Gasteiger partial charge is 0.495 e. The average molecular weight is 314 g/mol. The van der Waals surface area contributed by atoms with Crippen LogP contribution in [0.15, 0.2) is 53.4 Å². The number of para-hydroxylation sites is 2. The van der Waals surface area contributed by atoms with Crippen molar-refractivity contribution in [3.05, 3.63) is 54.1 Å². The van der Waals surface area contributed by atoms with Gasteiger partial charge in [-0.1, -0.05) is 30.3 Å². The number of carbonyl (C=O) groups excluding carboxylic acids is 1. The predicted molar refractivity (Wildman–Crippen MR) is 89.7 cm³/mol. The number of benzene rings is 2. The summed E-state index contributed by atoms with van der Waals surface area (Å²) in [6.07, 6.45) is 0.932. The third kappa shape index (κ3) is 3.20. The summed E-state index contributed by atoms with van der Waals surface area (Å²) >= 11 is 1.84. The van der Waals surface area contributed by atoms with Crippen molar-refractivity contribution in [2.24, 2.45) is 0 Å². The quantitative estimate of drug-likeness (QED) is 0.898.